The summed E-state index contributed by atoms with van der Waals surface area (Å²) >= 11 is 1.76. The zero-order valence-electron chi connectivity index (χ0n) is 10.9. The maximum absolute atomic E-state index is 5.83. The van der Waals surface area contributed by atoms with Crippen molar-refractivity contribution in [3.05, 3.63) is 46.4 Å². The van der Waals surface area contributed by atoms with Crippen LogP contribution in [0.5, 0.6) is 0 Å². The third-order valence-corrected chi connectivity index (χ3v) is 4.86. The first-order valence-corrected chi connectivity index (χ1v) is 7.66. The third kappa shape index (κ3) is 2.65. The number of aromatic nitrogens is 1. The van der Waals surface area contributed by atoms with Gasteiger partial charge in [-0.3, -0.25) is 0 Å². The summed E-state index contributed by atoms with van der Waals surface area (Å²) in [7, 11) is 0. The second kappa shape index (κ2) is 5.31. The van der Waals surface area contributed by atoms with Gasteiger partial charge in [-0.15, -0.1) is 11.3 Å². The lowest BCUT2D eigenvalue weighted by Gasteiger charge is -2.28. The Balaban J connectivity index is 1.76. The maximum Gasteiger partial charge on any atom is 0.113 e. The van der Waals surface area contributed by atoms with Gasteiger partial charge in [-0.25, -0.2) is 4.98 Å². The number of thiazole rings is 1. The molecule has 0 spiro atoms. The molecular weight excluding hydrogens is 254 g/mol. The second-order valence-electron chi connectivity index (χ2n) is 5.23. The van der Waals surface area contributed by atoms with Crippen LogP contribution in [0, 0.1) is 0 Å². The van der Waals surface area contributed by atoms with Crippen LogP contribution in [0.15, 0.2) is 35.8 Å². The summed E-state index contributed by atoms with van der Waals surface area (Å²) in [6.45, 7) is 0.852. The van der Waals surface area contributed by atoms with Crippen LogP contribution in [-0.4, -0.2) is 4.98 Å². The summed E-state index contributed by atoms with van der Waals surface area (Å²) in [5.41, 5.74) is 7.98. The van der Waals surface area contributed by atoms with E-state index in [1.165, 1.54) is 36.3 Å². The lowest BCUT2D eigenvalue weighted by molar-refractivity contribution is 0.337. The molecule has 2 aromatic rings. The van der Waals surface area contributed by atoms with Crippen LogP contribution in [-0.2, 0) is 12.1 Å². The number of benzene rings is 1. The molecule has 1 fully saturated rings. The Morgan fingerprint density at radius 1 is 1.32 bits per heavy atom. The molecule has 0 amide bonds. The van der Waals surface area contributed by atoms with Crippen molar-refractivity contribution in [2.75, 3.05) is 5.73 Å². The van der Waals surface area contributed by atoms with E-state index >= 15 is 0 Å². The van der Waals surface area contributed by atoms with Crippen LogP contribution in [0.4, 0.5) is 5.69 Å². The molecule has 0 bridgehead atoms. The Morgan fingerprint density at radius 2 is 2.16 bits per heavy atom. The number of hydrogen-bond acceptors (Lipinski definition) is 4. The van der Waals surface area contributed by atoms with Crippen molar-refractivity contribution in [3.63, 3.8) is 0 Å². The van der Waals surface area contributed by atoms with E-state index in [-0.39, 0.29) is 5.54 Å². The average molecular weight is 273 g/mol. The quantitative estimate of drug-likeness (QED) is 0.840. The first-order chi connectivity index (χ1) is 9.28. The van der Waals surface area contributed by atoms with Crippen molar-refractivity contribution in [3.8, 4) is 0 Å². The maximum atomic E-state index is 5.83. The van der Waals surface area contributed by atoms with E-state index in [1.54, 1.807) is 11.3 Å². The lowest BCUT2D eigenvalue weighted by atomic mass is 9.98. The summed E-state index contributed by atoms with van der Waals surface area (Å²) in [5, 5.41) is 7.03. The van der Waals surface area contributed by atoms with Gasteiger partial charge in [-0.05, 0) is 30.5 Å². The van der Waals surface area contributed by atoms with Gasteiger partial charge in [0.15, 0.2) is 0 Å². The van der Waals surface area contributed by atoms with Crippen molar-refractivity contribution < 1.29 is 0 Å². The second-order valence-corrected chi connectivity index (χ2v) is 6.12. The Labute approximate surface area is 117 Å². The standard InChI is InChI=1S/C15H19N3S/c16-13-5-3-4-12(10-13)11-18-15(6-1-2-7-15)14-17-8-9-19-14/h3-5,8-10,18H,1-2,6-7,11,16H2. The van der Waals surface area contributed by atoms with Crippen molar-refractivity contribution >= 4 is 17.0 Å². The molecule has 1 heterocycles. The fourth-order valence-corrected chi connectivity index (χ4v) is 3.75. The number of nitrogens with two attached hydrogens (primary N) is 1. The average Bonchev–Trinajstić information content (AvgIpc) is 3.08. The number of nitrogens with zero attached hydrogens (tertiary/aromatic N) is 1. The van der Waals surface area contributed by atoms with Crippen LogP contribution >= 0.6 is 11.3 Å². The SMILES string of the molecule is Nc1cccc(CNC2(c3nccs3)CCCC2)c1. The topological polar surface area (TPSA) is 50.9 Å². The Bertz CT molecular complexity index is 530. The summed E-state index contributed by atoms with van der Waals surface area (Å²) in [6.07, 6.45) is 6.83. The van der Waals surface area contributed by atoms with Gasteiger partial charge in [0.1, 0.15) is 5.01 Å². The molecule has 19 heavy (non-hydrogen) atoms. The summed E-state index contributed by atoms with van der Waals surface area (Å²) in [4.78, 5) is 4.53. The first kappa shape index (κ1) is 12.6. The van der Waals surface area contributed by atoms with Gasteiger partial charge in [-0.1, -0.05) is 25.0 Å². The Hall–Kier alpha value is -1.39. The number of rotatable bonds is 4. The van der Waals surface area contributed by atoms with Crippen molar-refractivity contribution in [1.82, 2.24) is 10.3 Å². The summed E-state index contributed by atoms with van der Waals surface area (Å²) < 4.78 is 0. The van der Waals surface area contributed by atoms with Gasteiger partial charge >= 0.3 is 0 Å². The highest BCUT2D eigenvalue weighted by Crippen LogP contribution is 2.39. The largest absolute Gasteiger partial charge is 0.399 e. The van der Waals surface area contributed by atoms with Crippen LogP contribution < -0.4 is 11.1 Å². The van der Waals surface area contributed by atoms with E-state index in [9.17, 15) is 0 Å². The van der Waals surface area contributed by atoms with E-state index in [2.05, 4.69) is 21.7 Å². The highest BCUT2D eigenvalue weighted by Gasteiger charge is 2.37. The number of hydrogen-bond donors (Lipinski definition) is 2. The van der Waals surface area contributed by atoms with E-state index in [1.807, 2.05) is 24.4 Å². The number of nitrogen functional groups attached to an aromatic ring is 1. The molecule has 3 nitrogen and oxygen atoms in total. The fraction of sp³-hybridized carbons (Fsp3) is 0.400. The van der Waals surface area contributed by atoms with Crippen LogP contribution in [0.3, 0.4) is 0 Å². The smallest absolute Gasteiger partial charge is 0.113 e. The Morgan fingerprint density at radius 3 is 2.84 bits per heavy atom. The lowest BCUT2D eigenvalue weighted by Crippen LogP contribution is -2.39. The van der Waals surface area contributed by atoms with Crippen LogP contribution in [0.2, 0.25) is 0 Å². The molecule has 1 aromatic carbocycles. The monoisotopic (exact) mass is 273 g/mol. The predicted molar refractivity (Wildman–Crippen MR) is 80.0 cm³/mol. The molecule has 0 radical (unpaired) electrons. The van der Waals surface area contributed by atoms with Crippen LogP contribution in [0.25, 0.3) is 0 Å². The molecule has 3 N–H and O–H groups in total. The molecule has 0 unspecified atom stereocenters. The minimum absolute atomic E-state index is 0.0821. The van der Waals surface area contributed by atoms with E-state index < -0.39 is 0 Å². The summed E-state index contributed by atoms with van der Waals surface area (Å²) in [5.74, 6) is 0. The zero-order valence-corrected chi connectivity index (χ0v) is 11.7. The molecule has 3 rings (SSSR count). The number of nitrogens with one attached hydrogen (secondary N) is 1. The third-order valence-electron chi connectivity index (χ3n) is 3.88. The Kier molecular flexibility index (Phi) is 3.53. The highest BCUT2D eigenvalue weighted by atomic mass is 32.1. The molecule has 1 saturated carbocycles. The molecule has 4 heteroatoms. The predicted octanol–water partition coefficient (Wildman–Crippen LogP) is 3.28. The van der Waals surface area contributed by atoms with Crippen LogP contribution in [0.1, 0.15) is 36.3 Å². The molecule has 0 saturated heterocycles. The normalized spacial score (nSPS) is 17.7. The van der Waals surface area contributed by atoms with Gasteiger partial charge in [0.05, 0.1) is 5.54 Å². The molecule has 0 aliphatic heterocycles. The highest BCUT2D eigenvalue weighted by molar-refractivity contribution is 7.09. The molecular formula is C15H19N3S. The van der Waals surface area contributed by atoms with E-state index in [4.69, 9.17) is 5.73 Å². The fourth-order valence-electron chi connectivity index (χ4n) is 2.88. The van der Waals surface area contributed by atoms with Gasteiger partial charge in [-0.2, -0.15) is 0 Å². The number of anilines is 1. The minimum atomic E-state index is 0.0821. The van der Waals surface area contributed by atoms with E-state index in [0.717, 1.165) is 12.2 Å². The van der Waals surface area contributed by atoms with E-state index in [0.29, 0.717) is 0 Å². The van der Waals surface area contributed by atoms with Gasteiger partial charge in [0, 0.05) is 23.8 Å². The van der Waals surface area contributed by atoms with Crippen molar-refractivity contribution in [2.45, 2.75) is 37.8 Å². The molecule has 1 aliphatic rings. The molecule has 100 valence electrons. The first-order valence-electron chi connectivity index (χ1n) is 6.78. The van der Waals surface area contributed by atoms with Gasteiger partial charge in [0.2, 0.25) is 0 Å². The van der Waals surface area contributed by atoms with Crippen molar-refractivity contribution in [2.24, 2.45) is 0 Å². The minimum Gasteiger partial charge on any atom is -0.399 e. The van der Waals surface area contributed by atoms with Crippen molar-refractivity contribution in [1.29, 1.82) is 0 Å². The molecule has 0 atom stereocenters. The molecule has 1 aromatic heterocycles. The zero-order chi connectivity index (χ0) is 13.1. The van der Waals surface area contributed by atoms with Gasteiger partial charge in [0.25, 0.3) is 0 Å². The van der Waals surface area contributed by atoms with Gasteiger partial charge < -0.3 is 11.1 Å². The molecule has 1 aliphatic carbocycles. The summed E-state index contributed by atoms with van der Waals surface area (Å²) in [6, 6.07) is 8.10.